The second-order valence-electron chi connectivity index (χ2n) is 3.59. The molecule has 0 saturated carbocycles. The van der Waals surface area contributed by atoms with Crippen molar-refractivity contribution in [2.45, 2.75) is 6.54 Å². The summed E-state index contributed by atoms with van der Waals surface area (Å²) in [4.78, 5) is 6.59. The largest absolute Gasteiger partial charge is 0.379 e. The molecule has 14 heavy (non-hydrogen) atoms. The van der Waals surface area contributed by atoms with Gasteiger partial charge in [0.2, 0.25) is 0 Å². The molecule has 0 radical (unpaired) electrons. The van der Waals surface area contributed by atoms with Crippen molar-refractivity contribution in [2.75, 3.05) is 32.0 Å². The molecule has 0 amide bonds. The second kappa shape index (κ2) is 3.98. The van der Waals surface area contributed by atoms with E-state index in [1.165, 1.54) is 0 Å². The fraction of sp³-hybridized carbons (Fsp3) is 0.667. The number of aryl methyl sites for hydroxylation is 1. The number of aromatic nitrogens is 2. The number of rotatable bonds is 2. The van der Waals surface area contributed by atoms with Crippen molar-refractivity contribution in [3.05, 3.63) is 11.9 Å². The van der Waals surface area contributed by atoms with Gasteiger partial charge < -0.3 is 15.0 Å². The average molecular weight is 196 g/mol. The van der Waals surface area contributed by atoms with E-state index >= 15 is 0 Å². The van der Waals surface area contributed by atoms with Gasteiger partial charge in [0.1, 0.15) is 0 Å². The van der Waals surface area contributed by atoms with Gasteiger partial charge in [0, 0.05) is 32.9 Å². The highest BCUT2D eigenvalue weighted by Crippen LogP contribution is 2.07. The van der Waals surface area contributed by atoms with Crippen LogP contribution in [0.25, 0.3) is 0 Å². The average Bonchev–Trinajstić information content (AvgIpc) is 2.47. The third-order valence-electron chi connectivity index (χ3n) is 2.45. The van der Waals surface area contributed by atoms with Crippen molar-refractivity contribution < 1.29 is 4.74 Å². The molecule has 2 rings (SSSR count). The van der Waals surface area contributed by atoms with Crippen LogP contribution in [-0.4, -0.2) is 40.8 Å². The standard InChI is InChI=1S/C9H16N4O/c1-12-6-8(11-9(12)10)7-13-2-4-14-5-3-13/h6H,2-5,7H2,1H3,(H2,10,11). The number of ether oxygens (including phenoxy) is 1. The first-order valence-corrected chi connectivity index (χ1v) is 4.83. The van der Waals surface area contributed by atoms with Gasteiger partial charge in [-0.15, -0.1) is 0 Å². The third kappa shape index (κ3) is 2.05. The lowest BCUT2D eigenvalue weighted by molar-refractivity contribution is 0.0337. The summed E-state index contributed by atoms with van der Waals surface area (Å²) >= 11 is 0. The highest BCUT2D eigenvalue weighted by atomic mass is 16.5. The molecular formula is C9H16N4O. The first-order chi connectivity index (χ1) is 6.75. The maximum atomic E-state index is 5.65. The van der Waals surface area contributed by atoms with E-state index in [2.05, 4.69) is 9.88 Å². The zero-order valence-corrected chi connectivity index (χ0v) is 8.44. The lowest BCUT2D eigenvalue weighted by Crippen LogP contribution is -2.35. The third-order valence-corrected chi connectivity index (χ3v) is 2.45. The van der Waals surface area contributed by atoms with Crippen LogP contribution in [0.4, 0.5) is 5.95 Å². The number of imidazole rings is 1. The van der Waals surface area contributed by atoms with Crippen LogP contribution in [0.5, 0.6) is 0 Å². The van der Waals surface area contributed by atoms with Crippen LogP contribution in [0.1, 0.15) is 5.69 Å². The molecule has 1 aromatic rings. The monoisotopic (exact) mass is 196 g/mol. The lowest BCUT2D eigenvalue weighted by atomic mass is 10.3. The zero-order chi connectivity index (χ0) is 9.97. The topological polar surface area (TPSA) is 56.3 Å². The maximum absolute atomic E-state index is 5.65. The summed E-state index contributed by atoms with van der Waals surface area (Å²) in [6.07, 6.45) is 1.98. The second-order valence-corrected chi connectivity index (χ2v) is 3.59. The van der Waals surface area contributed by atoms with E-state index in [0.29, 0.717) is 5.95 Å². The summed E-state index contributed by atoms with van der Waals surface area (Å²) in [6.45, 7) is 4.48. The van der Waals surface area contributed by atoms with Crippen LogP contribution in [0.15, 0.2) is 6.20 Å². The van der Waals surface area contributed by atoms with Crippen molar-refractivity contribution in [3.8, 4) is 0 Å². The molecule has 0 atom stereocenters. The van der Waals surface area contributed by atoms with Gasteiger partial charge in [0.15, 0.2) is 5.95 Å². The predicted octanol–water partition coefficient (Wildman–Crippen LogP) is -0.165. The number of nitrogens with zero attached hydrogens (tertiary/aromatic N) is 3. The van der Waals surface area contributed by atoms with Gasteiger partial charge >= 0.3 is 0 Å². The molecule has 0 aliphatic carbocycles. The molecule has 5 nitrogen and oxygen atoms in total. The first kappa shape index (κ1) is 9.48. The fourth-order valence-corrected chi connectivity index (χ4v) is 1.61. The molecule has 1 fully saturated rings. The highest BCUT2D eigenvalue weighted by Gasteiger charge is 2.12. The fourth-order valence-electron chi connectivity index (χ4n) is 1.61. The maximum Gasteiger partial charge on any atom is 0.200 e. The summed E-state index contributed by atoms with van der Waals surface area (Å²) in [5, 5.41) is 0. The number of hydrogen-bond acceptors (Lipinski definition) is 4. The molecule has 1 aliphatic rings. The summed E-state index contributed by atoms with van der Waals surface area (Å²) in [5.41, 5.74) is 6.69. The Balaban J connectivity index is 1.95. The Kier molecular flexibility index (Phi) is 2.69. The highest BCUT2D eigenvalue weighted by molar-refractivity contribution is 5.21. The minimum Gasteiger partial charge on any atom is -0.379 e. The van der Waals surface area contributed by atoms with Gasteiger partial charge in [0.05, 0.1) is 18.9 Å². The Hall–Kier alpha value is -1.07. The summed E-state index contributed by atoms with van der Waals surface area (Å²) in [5.74, 6) is 0.577. The molecule has 5 heteroatoms. The number of anilines is 1. The first-order valence-electron chi connectivity index (χ1n) is 4.83. The van der Waals surface area contributed by atoms with Gasteiger partial charge in [-0.05, 0) is 0 Å². The minimum atomic E-state index is 0.577. The number of nitrogen functional groups attached to an aromatic ring is 1. The van der Waals surface area contributed by atoms with Crippen molar-refractivity contribution >= 4 is 5.95 Å². The van der Waals surface area contributed by atoms with E-state index in [1.807, 2.05) is 17.8 Å². The van der Waals surface area contributed by atoms with E-state index in [4.69, 9.17) is 10.5 Å². The molecule has 0 unspecified atom stereocenters. The van der Waals surface area contributed by atoms with E-state index < -0.39 is 0 Å². The molecule has 2 heterocycles. The van der Waals surface area contributed by atoms with Gasteiger partial charge in [-0.25, -0.2) is 4.98 Å². The van der Waals surface area contributed by atoms with Crippen molar-refractivity contribution in [1.29, 1.82) is 0 Å². The smallest absolute Gasteiger partial charge is 0.200 e. The van der Waals surface area contributed by atoms with Crippen LogP contribution in [0, 0.1) is 0 Å². The number of hydrogen-bond donors (Lipinski definition) is 1. The lowest BCUT2D eigenvalue weighted by Gasteiger charge is -2.25. The molecule has 1 saturated heterocycles. The Labute approximate surface area is 83.5 Å². The number of morpholine rings is 1. The van der Waals surface area contributed by atoms with Gasteiger partial charge in [-0.1, -0.05) is 0 Å². The molecule has 1 aliphatic heterocycles. The Bertz CT molecular complexity index is 284. The Morgan fingerprint density at radius 1 is 1.50 bits per heavy atom. The van der Waals surface area contributed by atoms with E-state index in [0.717, 1.165) is 38.5 Å². The Morgan fingerprint density at radius 2 is 2.21 bits per heavy atom. The molecule has 0 aromatic carbocycles. The van der Waals surface area contributed by atoms with E-state index in [1.54, 1.807) is 0 Å². The van der Waals surface area contributed by atoms with Crippen molar-refractivity contribution in [3.63, 3.8) is 0 Å². The molecule has 1 aromatic heterocycles. The van der Waals surface area contributed by atoms with E-state index in [9.17, 15) is 0 Å². The van der Waals surface area contributed by atoms with Gasteiger partial charge in [-0.3, -0.25) is 4.90 Å². The molecular weight excluding hydrogens is 180 g/mol. The van der Waals surface area contributed by atoms with Crippen LogP contribution < -0.4 is 5.73 Å². The predicted molar refractivity (Wildman–Crippen MR) is 53.7 cm³/mol. The molecule has 2 N–H and O–H groups in total. The van der Waals surface area contributed by atoms with Crippen LogP contribution in [0.2, 0.25) is 0 Å². The molecule has 0 spiro atoms. The Morgan fingerprint density at radius 3 is 2.79 bits per heavy atom. The number of nitrogens with two attached hydrogens (primary N) is 1. The summed E-state index contributed by atoms with van der Waals surface area (Å²) in [7, 11) is 1.91. The van der Waals surface area contributed by atoms with Crippen LogP contribution in [0.3, 0.4) is 0 Å². The van der Waals surface area contributed by atoms with Crippen LogP contribution >= 0.6 is 0 Å². The van der Waals surface area contributed by atoms with Crippen molar-refractivity contribution in [1.82, 2.24) is 14.5 Å². The minimum absolute atomic E-state index is 0.577. The van der Waals surface area contributed by atoms with Crippen LogP contribution in [-0.2, 0) is 18.3 Å². The normalized spacial score (nSPS) is 18.6. The van der Waals surface area contributed by atoms with E-state index in [-0.39, 0.29) is 0 Å². The quantitative estimate of drug-likeness (QED) is 0.713. The SMILES string of the molecule is Cn1cc(CN2CCOCC2)nc1N. The summed E-state index contributed by atoms with van der Waals surface area (Å²) in [6, 6.07) is 0. The molecule has 78 valence electrons. The van der Waals surface area contributed by atoms with Gasteiger partial charge in [-0.2, -0.15) is 0 Å². The van der Waals surface area contributed by atoms with Crippen molar-refractivity contribution in [2.24, 2.45) is 7.05 Å². The van der Waals surface area contributed by atoms with Gasteiger partial charge in [0.25, 0.3) is 0 Å². The molecule has 0 bridgehead atoms. The zero-order valence-electron chi connectivity index (χ0n) is 8.44. The summed E-state index contributed by atoms with van der Waals surface area (Å²) < 4.78 is 7.12.